The maximum Gasteiger partial charge on any atom is 1.00 e. The Hall–Kier alpha value is -0.465. The van der Waals surface area contributed by atoms with Crippen molar-refractivity contribution in [3.05, 3.63) is 59.2 Å². The number of hydrogen-bond donors (Lipinski definition) is 0. The molecule has 2 atom stereocenters. The van der Waals surface area contributed by atoms with E-state index in [9.17, 15) is 4.39 Å². The van der Waals surface area contributed by atoms with Crippen molar-refractivity contribution >= 4 is 0 Å². The zero-order valence-electron chi connectivity index (χ0n) is 14.3. The predicted molar refractivity (Wildman–Crippen MR) is 88.4 cm³/mol. The minimum absolute atomic E-state index is 0. The Morgan fingerprint density at radius 1 is 1.08 bits per heavy atom. The van der Waals surface area contributed by atoms with Crippen molar-refractivity contribution in [1.29, 1.82) is 0 Å². The smallest absolute Gasteiger partial charge is 0.662 e. The number of ether oxygens (including phenoxy) is 3. The number of benzene rings is 2. The molecule has 0 radical (unpaired) electrons. The van der Waals surface area contributed by atoms with Gasteiger partial charge in [0, 0.05) is 6.07 Å². The van der Waals surface area contributed by atoms with Crippen LogP contribution in [0.3, 0.4) is 0 Å². The van der Waals surface area contributed by atoms with Crippen molar-refractivity contribution < 1.29 is 76.8 Å². The third-order valence-electron chi connectivity index (χ3n) is 4.64. The van der Waals surface area contributed by atoms with Crippen LogP contribution < -0.4 is 72.4 Å². The van der Waals surface area contributed by atoms with E-state index in [2.05, 4.69) is 5.32 Å². The van der Waals surface area contributed by atoms with E-state index in [1.165, 1.54) is 12.1 Å². The van der Waals surface area contributed by atoms with Crippen LogP contribution in [0.2, 0.25) is 0 Å². The van der Waals surface area contributed by atoms with Crippen LogP contribution in [0.1, 0.15) is 17.9 Å². The molecule has 2 aromatic rings. The second-order valence-electron chi connectivity index (χ2n) is 6.16. The van der Waals surface area contributed by atoms with E-state index in [1.54, 1.807) is 0 Å². The molecular formula is C19H19FNO3Rb. The summed E-state index contributed by atoms with van der Waals surface area (Å²) in [5.74, 6) is 2.66. The first kappa shape index (κ1) is 19.3. The molecule has 4 nitrogen and oxygen atoms in total. The van der Waals surface area contributed by atoms with E-state index >= 15 is 0 Å². The maximum absolute atomic E-state index is 13.2. The van der Waals surface area contributed by atoms with Crippen LogP contribution in [0.4, 0.5) is 4.39 Å². The first-order chi connectivity index (χ1) is 11.8. The summed E-state index contributed by atoms with van der Waals surface area (Å²) in [6, 6.07) is 12.4. The van der Waals surface area contributed by atoms with Gasteiger partial charge in [-0.1, -0.05) is 18.6 Å². The van der Waals surface area contributed by atoms with E-state index in [1.807, 2.05) is 30.3 Å². The van der Waals surface area contributed by atoms with Gasteiger partial charge in [-0.3, -0.25) is 0 Å². The van der Waals surface area contributed by atoms with E-state index in [-0.39, 0.29) is 76.7 Å². The van der Waals surface area contributed by atoms with Gasteiger partial charge in [-0.25, -0.2) is 4.39 Å². The zero-order valence-corrected chi connectivity index (χ0v) is 19.2. The van der Waals surface area contributed by atoms with Crippen molar-refractivity contribution in [2.75, 3.05) is 26.5 Å². The molecule has 0 bridgehead atoms. The molecule has 0 spiro atoms. The number of halogens is 1. The van der Waals surface area contributed by atoms with Crippen LogP contribution >= 0.6 is 0 Å². The van der Waals surface area contributed by atoms with Gasteiger partial charge in [0.05, 0.1) is 6.61 Å². The van der Waals surface area contributed by atoms with Crippen LogP contribution in [0, 0.1) is 11.7 Å². The first-order valence-electron chi connectivity index (χ1n) is 8.21. The van der Waals surface area contributed by atoms with Gasteiger partial charge in [0.25, 0.3) is 0 Å². The third kappa shape index (κ3) is 4.63. The Morgan fingerprint density at radius 2 is 1.88 bits per heavy atom. The molecule has 6 heteroatoms. The Labute approximate surface area is 195 Å². The van der Waals surface area contributed by atoms with Crippen LogP contribution in [0.5, 0.6) is 17.2 Å². The average molecular weight is 414 g/mol. The van der Waals surface area contributed by atoms with Gasteiger partial charge >= 0.3 is 58.2 Å². The van der Waals surface area contributed by atoms with Crippen LogP contribution in [-0.2, 0) is 0 Å². The Balaban J connectivity index is 0.00000182. The Morgan fingerprint density at radius 3 is 2.72 bits per heavy atom. The number of fused-ring (bicyclic) bond motifs is 1. The maximum atomic E-state index is 13.2. The van der Waals surface area contributed by atoms with Crippen molar-refractivity contribution in [2.45, 2.75) is 12.3 Å². The summed E-state index contributed by atoms with van der Waals surface area (Å²) in [4.78, 5) is 0. The van der Waals surface area contributed by atoms with Gasteiger partial charge in [0.2, 0.25) is 6.79 Å². The molecule has 1 saturated heterocycles. The number of rotatable bonds is 4. The molecule has 1 fully saturated rings. The molecule has 2 aliphatic heterocycles. The fraction of sp³-hybridized carbons (Fsp3) is 0.368. The third-order valence-corrected chi connectivity index (χ3v) is 4.64. The van der Waals surface area contributed by atoms with Gasteiger partial charge in [-0.05, 0) is 41.7 Å². The Kier molecular flexibility index (Phi) is 6.91. The zero-order chi connectivity index (χ0) is 16.4. The molecule has 2 aliphatic rings. The van der Waals surface area contributed by atoms with Gasteiger partial charge in [-0.2, -0.15) is 0 Å². The van der Waals surface area contributed by atoms with Gasteiger partial charge < -0.3 is 19.5 Å². The molecule has 0 saturated carbocycles. The number of piperidine rings is 1. The van der Waals surface area contributed by atoms with Crippen LogP contribution in [0.15, 0.2) is 42.5 Å². The molecule has 0 N–H and O–H groups in total. The largest absolute Gasteiger partial charge is 1.00 e. The fourth-order valence-electron chi connectivity index (χ4n) is 3.34. The molecule has 2 aromatic carbocycles. The van der Waals surface area contributed by atoms with Gasteiger partial charge in [0.15, 0.2) is 11.5 Å². The molecule has 2 heterocycles. The normalized spacial score (nSPS) is 21.5. The fourth-order valence-corrected chi connectivity index (χ4v) is 3.34. The van der Waals surface area contributed by atoms with E-state index < -0.39 is 0 Å². The minimum atomic E-state index is -0.201. The van der Waals surface area contributed by atoms with Crippen molar-refractivity contribution in [1.82, 2.24) is 0 Å². The summed E-state index contributed by atoms with van der Waals surface area (Å²) in [5, 5.41) is 4.52. The summed E-state index contributed by atoms with van der Waals surface area (Å²) < 4.78 is 29.8. The summed E-state index contributed by atoms with van der Waals surface area (Å²) in [7, 11) is 0. The second-order valence-corrected chi connectivity index (χ2v) is 6.16. The molecule has 25 heavy (non-hydrogen) atoms. The summed E-state index contributed by atoms with van der Waals surface area (Å²) in [6.45, 7) is 2.45. The molecule has 0 unspecified atom stereocenters. The number of hydrogen-bond acceptors (Lipinski definition) is 3. The first-order valence-corrected chi connectivity index (χ1v) is 8.21. The summed E-state index contributed by atoms with van der Waals surface area (Å²) in [5.41, 5.74) is 1.16. The molecule has 0 aliphatic carbocycles. The summed E-state index contributed by atoms with van der Waals surface area (Å²) in [6.07, 6.45) is 0.973. The van der Waals surface area contributed by atoms with Crippen LogP contribution in [-0.4, -0.2) is 26.5 Å². The minimum Gasteiger partial charge on any atom is -0.662 e. The van der Waals surface area contributed by atoms with Gasteiger partial charge in [0.1, 0.15) is 11.6 Å². The van der Waals surface area contributed by atoms with E-state index in [4.69, 9.17) is 14.2 Å². The molecule has 126 valence electrons. The standard InChI is InChI=1S/C19H19FNO3.Rb/c20-15-3-1-13(2-4-15)17-7-8-21-10-14(17)11-22-16-5-6-18-19(9-16)24-12-23-18;/h1-6,9,14,17H,7-8,10-12H2;/q-1;+1/t14-,17-;/m1./s1. The van der Waals surface area contributed by atoms with Crippen LogP contribution in [0.25, 0.3) is 5.32 Å². The summed E-state index contributed by atoms with van der Waals surface area (Å²) >= 11 is 0. The van der Waals surface area contributed by atoms with E-state index in [0.717, 1.165) is 42.3 Å². The topological polar surface area (TPSA) is 41.8 Å². The quantitative estimate of drug-likeness (QED) is 0.754. The van der Waals surface area contributed by atoms with E-state index in [0.29, 0.717) is 12.5 Å². The SMILES string of the molecule is Fc1ccc([C@H]2CC[N-]C[C@@H]2COc2ccc3c(c2)OCO3)cc1.[Rb+]. The Bertz CT molecular complexity index is 710. The van der Waals surface area contributed by atoms with Crippen molar-refractivity contribution in [3.63, 3.8) is 0 Å². The number of nitrogens with zero attached hydrogens (tertiary/aromatic N) is 1. The molecule has 0 amide bonds. The van der Waals surface area contributed by atoms with Crippen molar-refractivity contribution in [2.24, 2.45) is 5.92 Å². The monoisotopic (exact) mass is 413 g/mol. The molecular weight excluding hydrogens is 395 g/mol. The van der Waals surface area contributed by atoms with Gasteiger partial charge in [-0.15, -0.1) is 13.1 Å². The predicted octanol–water partition coefficient (Wildman–Crippen LogP) is 1.11. The average Bonchev–Trinajstić information content (AvgIpc) is 3.09. The second kappa shape index (κ2) is 8.95. The van der Waals surface area contributed by atoms with Crippen molar-refractivity contribution in [3.8, 4) is 17.2 Å². The molecule has 0 aromatic heterocycles. The molecule has 4 rings (SSSR count).